The second kappa shape index (κ2) is 8.37. The molecule has 27 heavy (non-hydrogen) atoms. The fraction of sp³-hybridized carbons (Fsp3) is 0.222. The minimum Gasteiger partial charge on any atom is -0.484 e. The van der Waals surface area contributed by atoms with Crippen LogP contribution in [0, 0.1) is 0 Å². The molecule has 0 unspecified atom stereocenters. The van der Waals surface area contributed by atoms with Gasteiger partial charge in [0.05, 0.1) is 27.9 Å². The summed E-state index contributed by atoms with van der Waals surface area (Å²) in [4.78, 5) is 14.1. The van der Waals surface area contributed by atoms with Crippen molar-refractivity contribution < 1.29 is 13.9 Å². The van der Waals surface area contributed by atoms with Gasteiger partial charge in [0, 0.05) is 14.1 Å². The van der Waals surface area contributed by atoms with E-state index in [4.69, 9.17) is 32.4 Å². The molecule has 6 nitrogen and oxygen atoms in total. The molecule has 0 atom stereocenters. The molecule has 2 aromatic heterocycles. The summed E-state index contributed by atoms with van der Waals surface area (Å²) in [7, 11) is 3.52. The summed E-state index contributed by atoms with van der Waals surface area (Å²) in [6.45, 7) is 0.519. The van der Waals surface area contributed by atoms with Crippen LogP contribution in [-0.4, -0.2) is 27.6 Å². The molecule has 1 amide bonds. The zero-order valence-corrected chi connectivity index (χ0v) is 17.7. The number of carbonyl (C=O) groups excluding carboxylic acids is 1. The van der Waals surface area contributed by atoms with Gasteiger partial charge in [-0.3, -0.25) is 9.48 Å². The maximum atomic E-state index is 12.6. The summed E-state index contributed by atoms with van der Waals surface area (Å²) >= 11 is 15.5. The van der Waals surface area contributed by atoms with Crippen LogP contribution in [0.5, 0.6) is 5.75 Å². The number of halogens is 3. The van der Waals surface area contributed by atoms with Crippen molar-refractivity contribution in [2.45, 2.75) is 13.2 Å². The molecule has 1 aromatic carbocycles. The Morgan fingerprint density at radius 2 is 2.11 bits per heavy atom. The summed E-state index contributed by atoms with van der Waals surface area (Å²) < 4.78 is 13.8. The van der Waals surface area contributed by atoms with E-state index in [0.717, 1.165) is 10.2 Å². The summed E-state index contributed by atoms with van der Waals surface area (Å²) in [5.74, 6) is 0.942. The van der Waals surface area contributed by atoms with Gasteiger partial charge in [-0.1, -0.05) is 29.3 Å². The van der Waals surface area contributed by atoms with Crippen LogP contribution in [0.1, 0.15) is 22.0 Å². The van der Waals surface area contributed by atoms with E-state index in [-0.39, 0.29) is 18.3 Å². The molecule has 142 valence electrons. The Bertz CT molecular complexity index is 951. The lowest BCUT2D eigenvalue weighted by atomic mass is 10.3. The topological polar surface area (TPSA) is 60.5 Å². The van der Waals surface area contributed by atoms with Gasteiger partial charge in [0.15, 0.2) is 5.76 Å². The number of amides is 1. The van der Waals surface area contributed by atoms with Gasteiger partial charge in [-0.05, 0) is 40.2 Å². The number of aryl methyl sites for hydroxylation is 1. The molecule has 3 rings (SSSR count). The molecule has 0 aliphatic heterocycles. The van der Waals surface area contributed by atoms with Crippen molar-refractivity contribution in [2.24, 2.45) is 7.05 Å². The van der Waals surface area contributed by atoms with Crippen molar-refractivity contribution in [1.82, 2.24) is 14.7 Å². The average molecular weight is 473 g/mol. The molecule has 0 aliphatic carbocycles. The van der Waals surface area contributed by atoms with E-state index in [1.807, 2.05) is 7.05 Å². The number of rotatable bonds is 6. The highest BCUT2D eigenvalue weighted by atomic mass is 79.9. The second-order valence-electron chi connectivity index (χ2n) is 5.83. The van der Waals surface area contributed by atoms with E-state index in [1.54, 1.807) is 53.2 Å². The lowest BCUT2D eigenvalue weighted by molar-refractivity contribution is 0.0746. The minimum atomic E-state index is -0.241. The Hall–Kier alpha value is -1.96. The molecule has 9 heteroatoms. The van der Waals surface area contributed by atoms with E-state index in [1.165, 1.54) is 0 Å². The SMILES string of the molecule is CN(Cc1c(Br)cnn1C)C(=O)c1ccc(COc2cccc(Cl)c2Cl)o1. The third-order valence-corrected chi connectivity index (χ3v) is 5.37. The molecule has 0 radical (unpaired) electrons. The van der Waals surface area contributed by atoms with Gasteiger partial charge >= 0.3 is 0 Å². The normalized spacial score (nSPS) is 10.9. The Morgan fingerprint density at radius 1 is 1.33 bits per heavy atom. The van der Waals surface area contributed by atoms with Crippen molar-refractivity contribution in [3.63, 3.8) is 0 Å². The van der Waals surface area contributed by atoms with Crippen molar-refractivity contribution in [2.75, 3.05) is 7.05 Å². The van der Waals surface area contributed by atoms with Crippen LogP contribution in [0.25, 0.3) is 0 Å². The minimum absolute atomic E-state index is 0.129. The Balaban J connectivity index is 1.64. The van der Waals surface area contributed by atoms with Crippen LogP contribution in [0.4, 0.5) is 0 Å². The second-order valence-corrected chi connectivity index (χ2v) is 7.47. The quantitative estimate of drug-likeness (QED) is 0.510. The van der Waals surface area contributed by atoms with Crippen molar-refractivity contribution in [3.05, 3.63) is 68.3 Å². The zero-order chi connectivity index (χ0) is 19.6. The van der Waals surface area contributed by atoms with Gasteiger partial charge in [-0.15, -0.1) is 0 Å². The molecule has 0 saturated heterocycles. The Labute approximate surface area is 174 Å². The number of furan rings is 1. The zero-order valence-electron chi connectivity index (χ0n) is 14.6. The monoisotopic (exact) mass is 471 g/mol. The van der Waals surface area contributed by atoms with Crippen molar-refractivity contribution in [3.8, 4) is 5.75 Å². The molecule has 3 aromatic rings. The number of aromatic nitrogens is 2. The van der Waals surface area contributed by atoms with Crippen molar-refractivity contribution >= 4 is 45.0 Å². The van der Waals surface area contributed by atoms with Crippen LogP contribution in [-0.2, 0) is 20.2 Å². The van der Waals surface area contributed by atoms with E-state index < -0.39 is 0 Å². The largest absolute Gasteiger partial charge is 0.484 e. The molecule has 2 heterocycles. The van der Waals surface area contributed by atoms with Gasteiger partial charge < -0.3 is 14.1 Å². The number of hydrogen-bond donors (Lipinski definition) is 0. The first-order chi connectivity index (χ1) is 12.9. The van der Waals surface area contributed by atoms with Crippen LogP contribution < -0.4 is 4.74 Å². The summed E-state index contributed by atoms with van der Waals surface area (Å²) in [6, 6.07) is 8.45. The fourth-order valence-electron chi connectivity index (χ4n) is 2.41. The molecule has 0 N–H and O–H groups in total. The lowest BCUT2D eigenvalue weighted by Crippen LogP contribution is -2.27. The summed E-state index contributed by atoms with van der Waals surface area (Å²) in [6.07, 6.45) is 1.69. The average Bonchev–Trinajstić information content (AvgIpc) is 3.24. The summed E-state index contributed by atoms with van der Waals surface area (Å²) in [5.41, 5.74) is 0.886. The van der Waals surface area contributed by atoms with Gasteiger partial charge in [0.1, 0.15) is 23.1 Å². The van der Waals surface area contributed by atoms with Gasteiger partial charge in [-0.2, -0.15) is 5.10 Å². The predicted octanol–water partition coefficient (Wildman–Crippen LogP) is 4.93. The number of ether oxygens (including phenoxy) is 1. The van der Waals surface area contributed by atoms with E-state index >= 15 is 0 Å². The van der Waals surface area contributed by atoms with Crippen LogP contribution in [0.2, 0.25) is 10.0 Å². The standard InChI is InChI=1S/C18H16BrCl2N3O3/c1-23(9-14-12(19)8-22-24(14)2)18(25)16-7-6-11(27-16)10-26-15-5-3-4-13(20)17(15)21/h3-8H,9-10H2,1-2H3. The van der Waals surface area contributed by atoms with Gasteiger partial charge in [0.25, 0.3) is 5.91 Å². The summed E-state index contributed by atoms with van der Waals surface area (Å²) in [5, 5.41) is 4.89. The maximum absolute atomic E-state index is 12.6. The first-order valence-corrected chi connectivity index (χ1v) is 9.49. The van der Waals surface area contributed by atoms with Gasteiger partial charge in [0.2, 0.25) is 0 Å². The predicted molar refractivity (Wildman–Crippen MR) is 106 cm³/mol. The molecular formula is C18H16BrCl2N3O3. The molecule has 0 saturated carbocycles. The first kappa shape index (κ1) is 19.8. The van der Waals surface area contributed by atoms with E-state index in [9.17, 15) is 4.79 Å². The third-order valence-electron chi connectivity index (χ3n) is 3.90. The highest BCUT2D eigenvalue weighted by Gasteiger charge is 2.19. The molecule has 0 fully saturated rings. The molecular weight excluding hydrogens is 457 g/mol. The lowest BCUT2D eigenvalue weighted by Gasteiger charge is -2.16. The highest BCUT2D eigenvalue weighted by molar-refractivity contribution is 9.10. The fourth-order valence-corrected chi connectivity index (χ4v) is 3.23. The smallest absolute Gasteiger partial charge is 0.289 e. The number of hydrogen-bond acceptors (Lipinski definition) is 4. The Morgan fingerprint density at radius 3 is 2.81 bits per heavy atom. The van der Waals surface area contributed by atoms with Gasteiger partial charge in [-0.25, -0.2) is 0 Å². The van der Waals surface area contributed by atoms with E-state index in [0.29, 0.717) is 28.1 Å². The number of nitrogens with zero attached hydrogens (tertiary/aromatic N) is 3. The number of benzene rings is 1. The van der Waals surface area contributed by atoms with E-state index in [2.05, 4.69) is 21.0 Å². The van der Waals surface area contributed by atoms with Crippen LogP contribution in [0.3, 0.4) is 0 Å². The number of carbonyl (C=O) groups is 1. The first-order valence-electron chi connectivity index (χ1n) is 7.94. The van der Waals surface area contributed by atoms with Crippen molar-refractivity contribution in [1.29, 1.82) is 0 Å². The molecule has 0 spiro atoms. The Kier molecular flexibility index (Phi) is 6.14. The maximum Gasteiger partial charge on any atom is 0.289 e. The molecule has 0 aliphatic rings. The highest BCUT2D eigenvalue weighted by Crippen LogP contribution is 2.32. The van der Waals surface area contributed by atoms with Crippen LogP contribution in [0.15, 0.2) is 45.4 Å². The molecule has 0 bridgehead atoms. The van der Waals surface area contributed by atoms with Crippen LogP contribution >= 0.6 is 39.1 Å². The third kappa shape index (κ3) is 4.48.